The molecule has 0 saturated heterocycles. The minimum absolute atomic E-state index is 0.00176. The number of para-hydroxylation sites is 1. The number of aromatic nitrogens is 3. The van der Waals surface area contributed by atoms with E-state index in [0.29, 0.717) is 5.56 Å². The van der Waals surface area contributed by atoms with Gasteiger partial charge in [-0.15, -0.1) is 0 Å². The van der Waals surface area contributed by atoms with Crippen LogP contribution >= 0.6 is 0 Å². The number of aliphatic carboxylic acids is 1. The molecule has 9 heteroatoms. The minimum atomic E-state index is -4.07. The molecule has 0 saturated carbocycles. The molecule has 0 aliphatic carbocycles. The summed E-state index contributed by atoms with van der Waals surface area (Å²) in [6.07, 6.45) is 6.98. The first kappa shape index (κ1) is 24.1. The highest BCUT2D eigenvalue weighted by atomic mass is 32.2. The van der Waals surface area contributed by atoms with E-state index in [9.17, 15) is 18.3 Å². The highest BCUT2D eigenvalue weighted by molar-refractivity contribution is 7.89. The SMILES string of the molecule is O=C(O)[C@@H](Cc1c[nH]c2ccccc12)NS(=O)(=O)c1ccc(C#Cc2ccc(-n3ccnc3)cc2)cc1. The molecule has 0 aliphatic rings. The van der Waals surface area contributed by atoms with Crippen molar-refractivity contribution in [2.24, 2.45) is 0 Å². The third-order valence-electron chi connectivity index (χ3n) is 5.88. The fourth-order valence-corrected chi connectivity index (χ4v) is 5.13. The summed E-state index contributed by atoms with van der Waals surface area (Å²) in [5, 5.41) is 10.5. The Bertz CT molecular complexity index is 1710. The number of rotatable bonds is 7. The molecule has 1 atom stereocenters. The first-order valence-corrected chi connectivity index (χ1v) is 12.9. The maximum Gasteiger partial charge on any atom is 0.322 e. The summed E-state index contributed by atoms with van der Waals surface area (Å²) < 4.78 is 30.1. The number of aromatic amines is 1. The molecule has 0 aliphatic heterocycles. The van der Waals surface area contributed by atoms with Gasteiger partial charge in [-0.25, -0.2) is 13.4 Å². The summed E-state index contributed by atoms with van der Waals surface area (Å²) in [4.78, 5) is 18.9. The van der Waals surface area contributed by atoms with Crippen molar-refractivity contribution < 1.29 is 18.3 Å². The lowest BCUT2D eigenvalue weighted by molar-refractivity contribution is -0.138. The van der Waals surface area contributed by atoms with Gasteiger partial charge in [0.2, 0.25) is 10.0 Å². The second-order valence-corrected chi connectivity index (χ2v) is 10.1. The number of carboxylic acids is 1. The number of imidazole rings is 1. The molecule has 2 aromatic heterocycles. The van der Waals surface area contributed by atoms with Crippen molar-refractivity contribution in [3.8, 4) is 17.5 Å². The predicted octanol–water partition coefficient (Wildman–Crippen LogP) is 3.73. The normalized spacial score (nSPS) is 12.1. The van der Waals surface area contributed by atoms with Crippen LogP contribution in [-0.4, -0.2) is 40.1 Å². The number of carbonyl (C=O) groups is 1. The van der Waals surface area contributed by atoms with Gasteiger partial charge < -0.3 is 14.7 Å². The zero-order valence-electron chi connectivity index (χ0n) is 19.5. The lowest BCUT2D eigenvalue weighted by Gasteiger charge is -2.14. The van der Waals surface area contributed by atoms with Gasteiger partial charge in [0.15, 0.2) is 0 Å². The molecule has 8 nitrogen and oxygen atoms in total. The average molecular weight is 511 g/mol. The molecular weight excluding hydrogens is 488 g/mol. The predicted molar refractivity (Wildman–Crippen MR) is 140 cm³/mol. The zero-order valence-corrected chi connectivity index (χ0v) is 20.3. The highest BCUT2D eigenvalue weighted by Gasteiger charge is 2.26. The number of benzene rings is 3. The van der Waals surface area contributed by atoms with E-state index in [1.807, 2.05) is 59.3 Å². The second kappa shape index (κ2) is 10.1. The summed E-state index contributed by atoms with van der Waals surface area (Å²) >= 11 is 0. The van der Waals surface area contributed by atoms with Crippen LogP contribution in [-0.2, 0) is 21.2 Å². The minimum Gasteiger partial charge on any atom is -0.480 e. The van der Waals surface area contributed by atoms with E-state index in [0.717, 1.165) is 27.7 Å². The van der Waals surface area contributed by atoms with Gasteiger partial charge in [-0.2, -0.15) is 4.72 Å². The van der Waals surface area contributed by atoms with Crippen LogP contribution in [0.1, 0.15) is 16.7 Å². The summed E-state index contributed by atoms with van der Waals surface area (Å²) in [5.41, 5.74) is 3.98. The molecule has 0 radical (unpaired) electrons. The van der Waals surface area contributed by atoms with E-state index in [1.165, 1.54) is 12.1 Å². The Hall–Kier alpha value is -4.65. The van der Waals surface area contributed by atoms with Crippen molar-refractivity contribution in [2.75, 3.05) is 0 Å². The van der Waals surface area contributed by atoms with Gasteiger partial charge in [0.25, 0.3) is 0 Å². The van der Waals surface area contributed by atoms with Crippen molar-refractivity contribution >= 4 is 26.9 Å². The van der Waals surface area contributed by atoms with E-state index >= 15 is 0 Å². The van der Waals surface area contributed by atoms with Crippen molar-refractivity contribution in [1.29, 1.82) is 0 Å². The van der Waals surface area contributed by atoms with Crippen LogP contribution in [0, 0.1) is 11.8 Å². The molecule has 2 heterocycles. The molecule has 184 valence electrons. The van der Waals surface area contributed by atoms with Crippen LogP contribution in [0.25, 0.3) is 16.6 Å². The monoisotopic (exact) mass is 510 g/mol. The zero-order chi connectivity index (χ0) is 25.8. The fourth-order valence-electron chi connectivity index (χ4n) is 3.95. The summed E-state index contributed by atoms with van der Waals surface area (Å²) in [5.74, 6) is 4.82. The van der Waals surface area contributed by atoms with Crippen LogP contribution < -0.4 is 4.72 Å². The first-order valence-electron chi connectivity index (χ1n) is 11.4. The van der Waals surface area contributed by atoms with Crippen LogP contribution in [0.3, 0.4) is 0 Å². The third kappa shape index (κ3) is 5.46. The van der Waals surface area contributed by atoms with E-state index in [4.69, 9.17) is 0 Å². The molecular formula is C28H22N4O4S. The molecule has 37 heavy (non-hydrogen) atoms. The van der Waals surface area contributed by atoms with Crippen LogP contribution in [0.5, 0.6) is 0 Å². The van der Waals surface area contributed by atoms with Crippen molar-refractivity contribution in [3.63, 3.8) is 0 Å². The van der Waals surface area contributed by atoms with Gasteiger partial charge in [-0.05, 0) is 60.2 Å². The Balaban J connectivity index is 1.28. The molecule has 5 aromatic rings. The Morgan fingerprint density at radius 3 is 2.32 bits per heavy atom. The van der Waals surface area contributed by atoms with Gasteiger partial charge in [-0.3, -0.25) is 4.79 Å². The number of carboxylic acid groups (broad SMARTS) is 1. The molecule has 0 spiro atoms. The molecule has 0 bridgehead atoms. The second-order valence-electron chi connectivity index (χ2n) is 8.37. The molecule has 0 fully saturated rings. The van der Waals surface area contributed by atoms with E-state index < -0.39 is 22.0 Å². The number of H-pyrrole nitrogens is 1. The standard InChI is InChI=1S/C28H22N4O4S/c33-28(34)27(17-22-18-30-26-4-2-1-3-25(22)26)31-37(35,36)24-13-9-21(10-14-24)6-5-20-7-11-23(12-8-20)32-16-15-29-19-32/h1-4,7-16,18-19,27,30-31H,17H2,(H,33,34)/t27-/m1/s1. The fraction of sp³-hybridized carbons (Fsp3) is 0.0714. The number of hydrogen-bond donors (Lipinski definition) is 3. The Morgan fingerprint density at radius 2 is 1.68 bits per heavy atom. The smallest absolute Gasteiger partial charge is 0.322 e. The summed E-state index contributed by atoms with van der Waals surface area (Å²) in [6, 6.07) is 19.8. The van der Waals surface area contributed by atoms with Crippen LogP contribution in [0.2, 0.25) is 0 Å². The van der Waals surface area contributed by atoms with Crippen LogP contribution in [0.4, 0.5) is 0 Å². The molecule has 3 N–H and O–H groups in total. The quantitative estimate of drug-likeness (QED) is 0.289. The van der Waals surface area contributed by atoms with E-state index in [1.54, 1.807) is 30.9 Å². The Morgan fingerprint density at radius 1 is 1.00 bits per heavy atom. The largest absolute Gasteiger partial charge is 0.480 e. The van der Waals surface area contributed by atoms with Gasteiger partial charge in [-0.1, -0.05) is 30.0 Å². The lowest BCUT2D eigenvalue weighted by atomic mass is 10.1. The first-order chi connectivity index (χ1) is 17.9. The van der Waals surface area contributed by atoms with Crippen LogP contribution in [0.15, 0.2) is 103 Å². The maximum absolute atomic E-state index is 12.9. The average Bonchev–Trinajstić information content (AvgIpc) is 3.58. The van der Waals surface area contributed by atoms with Crippen molar-refractivity contribution in [3.05, 3.63) is 114 Å². The van der Waals surface area contributed by atoms with Gasteiger partial charge in [0.1, 0.15) is 6.04 Å². The lowest BCUT2D eigenvalue weighted by Crippen LogP contribution is -2.42. The maximum atomic E-state index is 12.9. The molecule has 3 aromatic carbocycles. The Kier molecular flexibility index (Phi) is 6.60. The van der Waals surface area contributed by atoms with Gasteiger partial charge >= 0.3 is 5.97 Å². The van der Waals surface area contributed by atoms with Gasteiger partial charge in [0.05, 0.1) is 11.2 Å². The molecule has 0 amide bonds. The summed E-state index contributed by atoms with van der Waals surface area (Å²) in [7, 11) is -4.07. The van der Waals surface area contributed by atoms with Crippen molar-refractivity contribution in [1.82, 2.24) is 19.3 Å². The van der Waals surface area contributed by atoms with E-state index in [2.05, 4.69) is 26.5 Å². The third-order valence-corrected chi connectivity index (χ3v) is 7.37. The number of fused-ring (bicyclic) bond motifs is 1. The van der Waals surface area contributed by atoms with Crippen molar-refractivity contribution in [2.45, 2.75) is 17.4 Å². The number of hydrogen-bond acceptors (Lipinski definition) is 4. The van der Waals surface area contributed by atoms with Gasteiger partial charge in [0, 0.05) is 52.7 Å². The Labute approximate surface area is 213 Å². The molecule has 5 rings (SSSR count). The topological polar surface area (TPSA) is 117 Å². The number of nitrogens with one attached hydrogen (secondary N) is 2. The summed E-state index contributed by atoms with van der Waals surface area (Å²) in [6.45, 7) is 0. The highest BCUT2D eigenvalue weighted by Crippen LogP contribution is 2.20. The number of nitrogens with zero attached hydrogens (tertiary/aromatic N) is 2. The van der Waals surface area contributed by atoms with E-state index in [-0.39, 0.29) is 11.3 Å². The number of sulfonamides is 1. The molecule has 0 unspecified atom stereocenters.